The first kappa shape index (κ1) is 19.3. The van der Waals surface area contributed by atoms with E-state index in [4.69, 9.17) is 4.74 Å². The Balaban J connectivity index is 1.56. The van der Waals surface area contributed by atoms with Crippen molar-refractivity contribution in [3.8, 4) is 0 Å². The SMILES string of the molecule is COCCCNC(=O)C1CCN(S(=O)(=O)c2ccc3c(c2)CCC3)CC1. The number of nitrogens with one attached hydrogen (secondary N) is 1. The van der Waals surface area contributed by atoms with Crippen LogP contribution in [0.3, 0.4) is 0 Å². The number of aryl methyl sites for hydroxylation is 2. The topological polar surface area (TPSA) is 75.7 Å². The van der Waals surface area contributed by atoms with Crippen LogP contribution in [-0.2, 0) is 32.4 Å². The standard InChI is InChI=1S/C19H28N2O4S/c1-25-13-3-10-20-19(22)16-8-11-21(12-9-16)26(23,24)18-7-6-15-4-2-5-17(15)14-18/h6-7,14,16H,2-5,8-13H2,1H3,(H,20,22). The Kier molecular flexibility index (Phi) is 6.32. The number of nitrogens with zero attached hydrogens (tertiary/aromatic N) is 1. The van der Waals surface area contributed by atoms with Crippen LogP contribution in [0.25, 0.3) is 0 Å². The van der Waals surface area contributed by atoms with Gasteiger partial charge in [-0.3, -0.25) is 4.79 Å². The summed E-state index contributed by atoms with van der Waals surface area (Å²) < 4.78 is 32.3. The second kappa shape index (κ2) is 8.50. The molecule has 0 bridgehead atoms. The zero-order valence-corrected chi connectivity index (χ0v) is 16.2. The minimum atomic E-state index is -3.47. The van der Waals surface area contributed by atoms with Gasteiger partial charge in [0.2, 0.25) is 15.9 Å². The number of methoxy groups -OCH3 is 1. The van der Waals surface area contributed by atoms with Crippen molar-refractivity contribution < 1.29 is 17.9 Å². The summed E-state index contributed by atoms with van der Waals surface area (Å²) in [5.74, 6) is -0.0836. The van der Waals surface area contributed by atoms with Crippen molar-refractivity contribution in [2.45, 2.75) is 43.4 Å². The molecule has 1 fully saturated rings. The molecule has 0 atom stereocenters. The predicted molar refractivity (Wildman–Crippen MR) is 99.5 cm³/mol. The summed E-state index contributed by atoms with van der Waals surface area (Å²) in [5, 5.41) is 2.91. The van der Waals surface area contributed by atoms with E-state index in [9.17, 15) is 13.2 Å². The number of rotatable bonds is 7. The van der Waals surface area contributed by atoms with E-state index < -0.39 is 10.0 Å². The van der Waals surface area contributed by atoms with E-state index in [2.05, 4.69) is 5.32 Å². The van der Waals surface area contributed by atoms with Crippen LogP contribution in [0.1, 0.15) is 36.8 Å². The molecule has 2 aliphatic rings. The van der Waals surface area contributed by atoms with Gasteiger partial charge >= 0.3 is 0 Å². The normalized spacial score (nSPS) is 18.7. The van der Waals surface area contributed by atoms with Gasteiger partial charge < -0.3 is 10.1 Å². The highest BCUT2D eigenvalue weighted by molar-refractivity contribution is 7.89. The molecule has 6 nitrogen and oxygen atoms in total. The smallest absolute Gasteiger partial charge is 0.243 e. The average molecular weight is 381 g/mol. The van der Waals surface area contributed by atoms with Crippen molar-refractivity contribution >= 4 is 15.9 Å². The van der Waals surface area contributed by atoms with Crippen LogP contribution in [0.5, 0.6) is 0 Å². The van der Waals surface area contributed by atoms with Gasteiger partial charge in [-0.25, -0.2) is 8.42 Å². The number of carbonyl (C=O) groups is 1. The molecule has 1 aromatic carbocycles. The van der Waals surface area contributed by atoms with Crippen LogP contribution in [0.15, 0.2) is 23.1 Å². The van der Waals surface area contributed by atoms with Crippen molar-refractivity contribution in [3.05, 3.63) is 29.3 Å². The lowest BCUT2D eigenvalue weighted by molar-refractivity contribution is -0.126. The molecule has 0 unspecified atom stereocenters. The molecule has 1 aliphatic carbocycles. The maximum absolute atomic E-state index is 12.9. The fourth-order valence-corrected chi connectivity index (χ4v) is 5.31. The largest absolute Gasteiger partial charge is 0.385 e. The Morgan fingerprint density at radius 1 is 1.23 bits per heavy atom. The number of piperidine rings is 1. The van der Waals surface area contributed by atoms with Gasteiger partial charge in [-0.1, -0.05) is 6.07 Å². The lowest BCUT2D eigenvalue weighted by Crippen LogP contribution is -2.43. The third-order valence-electron chi connectivity index (χ3n) is 5.36. The Hall–Kier alpha value is -1.44. The number of sulfonamides is 1. The van der Waals surface area contributed by atoms with E-state index in [0.29, 0.717) is 44.0 Å². The molecule has 0 radical (unpaired) electrons. The first-order valence-electron chi connectivity index (χ1n) is 9.41. The number of amides is 1. The minimum absolute atomic E-state index is 0.0238. The van der Waals surface area contributed by atoms with Gasteiger partial charge in [0.1, 0.15) is 0 Å². The van der Waals surface area contributed by atoms with Crippen LogP contribution < -0.4 is 5.32 Å². The van der Waals surface area contributed by atoms with Crippen molar-refractivity contribution in [1.29, 1.82) is 0 Å². The summed E-state index contributed by atoms with van der Waals surface area (Å²) >= 11 is 0. The zero-order chi connectivity index (χ0) is 18.6. The lowest BCUT2D eigenvalue weighted by Gasteiger charge is -2.30. The van der Waals surface area contributed by atoms with Crippen LogP contribution in [0, 0.1) is 5.92 Å². The number of hydrogen-bond acceptors (Lipinski definition) is 4. The van der Waals surface area contributed by atoms with E-state index in [0.717, 1.165) is 31.2 Å². The first-order valence-corrected chi connectivity index (χ1v) is 10.8. The van der Waals surface area contributed by atoms with Crippen molar-refractivity contribution in [2.75, 3.05) is 33.4 Å². The molecule has 1 saturated heterocycles. The van der Waals surface area contributed by atoms with Crippen LogP contribution in [0.2, 0.25) is 0 Å². The highest BCUT2D eigenvalue weighted by Crippen LogP contribution is 2.28. The maximum atomic E-state index is 12.9. The monoisotopic (exact) mass is 380 g/mol. The molecule has 26 heavy (non-hydrogen) atoms. The summed E-state index contributed by atoms with van der Waals surface area (Å²) in [6.45, 7) is 2.02. The minimum Gasteiger partial charge on any atom is -0.385 e. The summed E-state index contributed by atoms with van der Waals surface area (Å²) in [6, 6.07) is 5.52. The van der Waals surface area contributed by atoms with Gasteiger partial charge in [0.15, 0.2) is 0 Å². The fourth-order valence-electron chi connectivity index (χ4n) is 3.79. The van der Waals surface area contributed by atoms with Crippen LogP contribution in [-0.4, -0.2) is 52.0 Å². The summed E-state index contributed by atoms with van der Waals surface area (Å²) in [6.07, 6.45) is 5.03. The molecule has 1 aromatic rings. The van der Waals surface area contributed by atoms with Gasteiger partial charge in [0.25, 0.3) is 0 Å². The summed E-state index contributed by atoms with van der Waals surface area (Å²) in [7, 11) is -1.83. The van der Waals surface area contributed by atoms with Gasteiger partial charge in [-0.05, 0) is 61.8 Å². The molecule has 7 heteroatoms. The zero-order valence-electron chi connectivity index (χ0n) is 15.4. The first-order chi connectivity index (χ1) is 12.5. The predicted octanol–water partition coefficient (Wildman–Crippen LogP) is 1.73. The van der Waals surface area contributed by atoms with E-state index >= 15 is 0 Å². The summed E-state index contributed by atoms with van der Waals surface area (Å²) in [5.41, 5.74) is 2.43. The molecular formula is C19H28N2O4S. The second-order valence-electron chi connectivity index (χ2n) is 7.10. The number of ether oxygens (including phenoxy) is 1. The number of benzene rings is 1. The number of hydrogen-bond donors (Lipinski definition) is 1. The van der Waals surface area contributed by atoms with Gasteiger partial charge in [-0.2, -0.15) is 4.31 Å². The average Bonchev–Trinajstić information content (AvgIpc) is 3.13. The number of carbonyl (C=O) groups excluding carboxylic acids is 1. The Morgan fingerprint density at radius 3 is 2.69 bits per heavy atom. The lowest BCUT2D eigenvalue weighted by atomic mass is 9.97. The molecule has 1 aliphatic heterocycles. The van der Waals surface area contributed by atoms with E-state index in [1.165, 1.54) is 9.87 Å². The van der Waals surface area contributed by atoms with Gasteiger partial charge in [-0.15, -0.1) is 0 Å². The third-order valence-corrected chi connectivity index (χ3v) is 7.25. The second-order valence-corrected chi connectivity index (χ2v) is 9.04. The Morgan fingerprint density at radius 2 is 1.96 bits per heavy atom. The molecule has 0 aromatic heterocycles. The molecule has 0 saturated carbocycles. The third kappa shape index (κ3) is 4.27. The molecule has 144 valence electrons. The fraction of sp³-hybridized carbons (Fsp3) is 0.632. The quantitative estimate of drug-likeness (QED) is 0.731. The maximum Gasteiger partial charge on any atom is 0.243 e. The Bertz CT molecular complexity index is 740. The summed E-state index contributed by atoms with van der Waals surface area (Å²) in [4.78, 5) is 12.6. The number of fused-ring (bicyclic) bond motifs is 1. The van der Waals surface area contributed by atoms with Crippen molar-refractivity contribution in [2.24, 2.45) is 5.92 Å². The molecule has 1 N–H and O–H groups in total. The molecule has 1 amide bonds. The molecule has 1 heterocycles. The van der Waals surface area contributed by atoms with Crippen LogP contribution >= 0.6 is 0 Å². The van der Waals surface area contributed by atoms with Gasteiger partial charge in [0, 0.05) is 39.3 Å². The molecule has 0 spiro atoms. The molecular weight excluding hydrogens is 352 g/mol. The van der Waals surface area contributed by atoms with Gasteiger partial charge in [0.05, 0.1) is 4.90 Å². The highest BCUT2D eigenvalue weighted by Gasteiger charge is 2.32. The highest BCUT2D eigenvalue weighted by atomic mass is 32.2. The van der Waals surface area contributed by atoms with Crippen molar-refractivity contribution in [1.82, 2.24) is 9.62 Å². The van der Waals surface area contributed by atoms with E-state index in [-0.39, 0.29) is 11.8 Å². The van der Waals surface area contributed by atoms with E-state index in [1.54, 1.807) is 13.2 Å². The van der Waals surface area contributed by atoms with Crippen molar-refractivity contribution in [3.63, 3.8) is 0 Å². The van der Waals surface area contributed by atoms with E-state index in [1.807, 2.05) is 12.1 Å². The Labute approximate surface area is 156 Å². The molecule has 3 rings (SSSR count). The van der Waals surface area contributed by atoms with Crippen LogP contribution in [0.4, 0.5) is 0 Å².